The lowest BCUT2D eigenvalue weighted by atomic mass is 10.1. The summed E-state index contributed by atoms with van der Waals surface area (Å²) >= 11 is 1.74. The van der Waals surface area contributed by atoms with Crippen LogP contribution >= 0.6 is 11.3 Å². The summed E-state index contributed by atoms with van der Waals surface area (Å²) in [4.78, 5) is 6.99. The van der Waals surface area contributed by atoms with Crippen LogP contribution in [0.2, 0.25) is 0 Å². The molecule has 0 amide bonds. The summed E-state index contributed by atoms with van der Waals surface area (Å²) in [5, 5.41) is 6.70. The van der Waals surface area contributed by atoms with Crippen LogP contribution in [0.25, 0.3) is 0 Å². The third kappa shape index (κ3) is 3.51. The van der Waals surface area contributed by atoms with E-state index < -0.39 is 0 Å². The molecule has 1 aromatic rings. The molecule has 18 heavy (non-hydrogen) atoms. The molecule has 1 aromatic heterocycles. The summed E-state index contributed by atoms with van der Waals surface area (Å²) in [5.41, 5.74) is 1.12. The highest BCUT2D eigenvalue weighted by Crippen LogP contribution is 2.16. The predicted octanol–water partition coefficient (Wildman–Crippen LogP) is 1.30. The molecule has 1 fully saturated rings. The van der Waals surface area contributed by atoms with Gasteiger partial charge in [-0.05, 0) is 20.5 Å². The average Bonchev–Trinajstić information content (AvgIpc) is 2.81. The number of likely N-dealkylation sites (N-methyl/N-ethyl adjacent to an activating group) is 2. The highest BCUT2D eigenvalue weighted by atomic mass is 32.1. The third-order valence-corrected chi connectivity index (χ3v) is 4.49. The molecular weight excluding hydrogens is 246 g/mol. The summed E-state index contributed by atoms with van der Waals surface area (Å²) in [6.07, 6.45) is 1.23. The maximum absolute atomic E-state index is 5.91. The van der Waals surface area contributed by atoms with Crippen LogP contribution in [0.5, 0.6) is 0 Å². The van der Waals surface area contributed by atoms with Crippen molar-refractivity contribution in [2.75, 3.05) is 33.3 Å². The minimum absolute atomic E-state index is 0.271. The minimum atomic E-state index is 0.271. The molecule has 2 atom stereocenters. The molecule has 0 bridgehead atoms. The molecule has 1 saturated heterocycles. The molecule has 0 aliphatic carbocycles. The van der Waals surface area contributed by atoms with E-state index in [1.807, 2.05) is 14.0 Å². The van der Waals surface area contributed by atoms with E-state index in [9.17, 15) is 0 Å². The van der Waals surface area contributed by atoms with Crippen LogP contribution in [0.15, 0.2) is 5.38 Å². The monoisotopic (exact) mass is 269 g/mol. The molecule has 0 aromatic carbocycles. The number of ether oxygens (including phenoxy) is 1. The number of aromatic nitrogens is 1. The van der Waals surface area contributed by atoms with Crippen molar-refractivity contribution in [2.45, 2.75) is 32.4 Å². The maximum Gasteiger partial charge on any atom is 0.0944 e. The zero-order valence-electron chi connectivity index (χ0n) is 11.5. The fourth-order valence-corrected chi connectivity index (χ4v) is 3.20. The van der Waals surface area contributed by atoms with Crippen molar-refractivity contribution in [3.05, 3.63) is 16.1 Å². The fraction of sp³-hybridized carbons (Fsp3) is 0.769. The first kappa shape index (κ1) is 13.9. The zero-order valence-corrected chi connectivity index (χ0v) is 12.3. The second kappa shape index (κ2) is 6.61. The van der Waals surface area contributed by atoms with Crippen LogP contribution in [-0.2, 0) is 11.2 Å². The van der Waals surface area contributed by atoms with Crippen molar-refractivity contribution < 1.29 is 4.74 Å². The molecule has 1 aliphatic rings. The van der Waals surface area contributed by atoms with Crippen LogP contribution in [-0.4, -0.2) is 55.3 Å². The van der Waals surface area contributed by atoms with Crippen molar-refractivity contribution in [2.24, 2.45) is 0 Å². The first-order valence-corrected chi connectivity index (χ1v) is 7.53. The second-order valence-corrected chi connectivity index (χ2v) is 5.73. The highest BCUT2D eigenvalue weighted by Gasteiger charge is 2.27. The number of morpholine rings is 1. The van der Waals surface area contributed by atoms with E-state index >= 15 is 0 Å². The van der Waals surface area contributed by atoms with Gasteiger partial charge in [-0.2, -0.15) is 0 Å². The average molecular weight is 269 g/mol. The van der Waals surface area contributed by atoms with Crippen molar-refractivity contribution in [1.82, 2.24) is 15.2 Å². The number of hydrogen-bond donors (Lipinski definition) is 1. The van der Waals surface area contributed by atoms with Gasteiger partial charge in [-0.25, -0.2) is 4.98 Å². The van der Waals surface area contributed by atoms with Gasteiger partial charge in [0.1, 0.15) is 0 Å². The number of thiazole rings is 1. The zero-order chi connectivity index (χ0) is 13.0. The summed E-state index contributed by atoms with van der Waals surface area (Å²) in [6, 6.07) is 0.352. The molecule has 4 nitrogen and oxygen atoms in total. The lowest BCUT2D eigenvalue weighted by Gasteiger charge is -2.36. The van der Waals surface area contributed by atoms with Crippen molar-refractivity contribution in [3.8, 4) is 0 Å². The standard InChI is InChI=1S/C13H23N3OS/c1-4-16-5-6-17-12(8-16)11(14-3)7-13-15-10(2)9-18-13/h9,11-12,14H,4-8H2,1-3H3. The van der Waals surface area contributed by atoms with Gasteiger partial charge in [0.15, 0.2) is 0 Å². The smallest absolute Gasteiger partial charge is 0.0944 e. The largest absolute Gasteiger partial charge is 0.374 e. The molecule has 1 aliphatic heterocycles. The van der Waals surface area contributed by atoms with Gasteiger partial charge >= 0.3 is 0 Å². The van der Waals surface area contributed by atoms with Gasteiger partial charge in [0, 0.05) is 36.6 Å². The number of aryl methyl sites for hydroxylation is 1. The van der Waals surface area contributed by atoms with Gasteiger partial charge in [-0.1, -0.05) is 6.92 Å². The Morgan fingerprint density at radius 1 is 1.67 bits per heavy atom. The van der Waals surface area contributed by atoms with Crippen LogP contribution < -0.4 is 5.32 Å². The Balaban J connectivity index is 1.95. The molecule has 5 heteroatoms. The van der Waals surface area contributed by atoms with E-state index in [1.165, 1.54) is 5.01 Å². The molecule has 2 rings (SSSR count). The number of hydrogen-bond acceptors (Lipinski definition) is 5. The third-order valence-electron chi connectivity index (χ3n) is 3.51. The van der Waals surface area contributed by atoms with Gasteiger partial charge in [-0.3, -0.25) is 4.90 Å². The predicted molar refractivity (Wildman–Crippen MR) is 75.3 cm³/mol. The van der Waals surface area contributed by atoms with Gasteiger partial charge in [0.25, 0.3) is 0 Å². The van der Waals surface area contributed by atoms with Crippen molar-refractivity contribution >= 4 is 11.3 Å². The first-order valence-electron chi connectivity index (χ1n) is 6.65. The Morgan fingerprint density at radius 2 is 2.50 bits per heavy atom. The van der Waals surface area contributed by atoms with Gasteiger partial charge in [-0.15, -0.1) is 11.3 Å². The molecule has 1 N–H and O–H groups in total. The molecule has 102 valence electrons. The van der Waals surface area contributed by atoms with E-state index in [0.29, 0.717) is 6.04 Å². The Bertz CT molecular complexity index is 369. The molecule has 0 radical (unpaired) electrons. The number of nitrogens with zero attached hydrogens (tertiary/aromatic N) is 2. The summed E-state index contributed by atoms with van der Waals surface area (Å²) in [6.45, 7) is 8.28. The molecule has 0 spiro atoms. The topological polar surface area (TPSA) is 37.4 Å². The van der Waals surface area contributed by atoms with Crippen LogP contribution in [0.4, 0.5) is 0 Å². The molecule has 2 heterocycles. The van der Waals surface area contributed by atoms with Crippen molar-refractivity contribution in [3.63, 3.8) is 0 Å². The van der Waals surface area contributed by atoms with E-state index in [2.05, 4.69) is 27.5 Å². The van der Waals surface area contributed by atoms with E-state index in [4.69, 9.17) is 4.74 Å². The normalized spacial score (nSPS) is 23.2. The molecule has 0 saturated carbocycles. The number of nitrogens with one attached hydrogen (secondary N) is 1. The quantitative estimate of drug-likeness (QED) is 0.874. The minimum Gasteiger partial charge on any atom is -0.374 e. The lowest BCUT2D eigenvalue weighted by Crippen LogP contribution is -2.52. The summed E-state index contributed by atoms with van der Waals surface area (Å²) < 4.78 is 5.91. The van der Waals surface area contributed by atoms with Gasteiger partial charge < -0.3 is 10.1 Å². The first-order chi connectivity index (χ1) is 8.72. The number of rotatable bonds is 5. The Hall–Kier alpha value is -0.490. The lowest BCUT2D eigenvalue weighted by molar-refractivity contribution is -0.0436. The van der Waals surface area contributed by atoms with Gasteiger partial charge in [0.2, 0.25) is 0 Å². The van der Waals surface area contributed by atoms with E-state index in [0.717, 1.165) is 38.4 Å². The SMILES string of the molecule is CCN1CCOC(C(Cc2nc(C)cs2)NC)C1. The van der Waals surface area contributed by atoms with E-state index in [1.54, 1.807) is 11.3 Å². The van der Waals surface area contributed by atoms with Crippen LogP contribution in [0, 0.1) is 6.92 Å². The summed E-state index contributed by atoms with van der Waals surface area (Å²) in [7, 11) is 2.01. The highest BCUT2D eigenvalue weighted by molar-refractivity contribution is 7.09. The van der Waals surface area contributed by atoms with Crippen LogP contribution in [0.3, 0.4) is 0 Å². The van der Waals surface area contributed by atoms with Crippen molar-refractivity contribution in [1.29, 1.82) is 0 Å². The van der Waals surface area contributed by atoms with Crippen LogP contribution in [0.1, 0.15) is 17.6 Å². The van der Waals surface area contributed by atoms with E-state index in [-0.39, 0.29) is 6.10 Å². The maximum atomic E-state index is 5.91. The Labute approximate surface area is 113 Å². The fourth-order valence-electron chi connectivity index (χ4n) is 2.37. The summed E-state index contributed by atoms with van der Waals surface area (Å²) in [5.74, 6) is 0. The molecule has 2 unspecified atom stereocenters. The van der Waals surface area contributed by atoms with Gasteiger partial charge in [0.05, 0.1) is 17.7 Å². The second-order valence-electron chi connectivity index (χ2n) is 4.78. The Kier molecular flexibility index (Phi) is 5.12. The molecular formula is C13H23N3OS. The Morgan fingerprint density at radius 3 is 3.11 bits per heavy atom.